The van der Waals surface area contributed by atoms with Crippen LogP contribution in [0.25, 0.3) is 0 Å². The van der Waals surface area contributed by atoms with Crippen molar-refractivity contribution in [2.24, 2.45) is 0 Å². The minimum Gasteiger partial charge on any atom is -0.227 e. The minimum absolute atomic E-state index is 0.380. The van der Waals surface area contributed by atoms with Crippen molar-refractivity contribution in [2.45, 2.75) is 4.71 Å². The van der Waals surface area contributed by atoms with Crippen molar-refractivity contribution in [1.29, 1.82) is 0 Å². The van der Waals surface area contributed by atoms with Gasteiger partial charge in [0.05, 0.1) is 0 Å². The number of hydrogen-bond acceptors (Lipinski definition) is 2. The first-order valence-electron chi connectivity index (χ1n) is 3.49. The van der Waals surface area contributed by atoms with E-state index in [1.165, 1.54) is 24.3 Å². The molecule has 72 valence electrons. The highest BCUT2D eigenvalue weighted by atomic mass is 35.5. The van der Waals surface area contributed by atoms with Gasteiger partial charge < -0.3 is 0 Å². The summed E-state index contributed by atoms with van der Waals surface area (Å²) in [4.78, 5) is 0. The Kier molecular flexibility index (Phi) is 2.93. The summed E-state index contributed by atoms with van der Waals surface area (Å²) in [5.74, 6) is -0.416. The zero-order valence-corrected chi connectivity index (χ0v) is 8.44. The molecule has 5 heteroatoms. The second kappa shape index (κ2) is 3.64. The van der Waals surface area contributed by atoms with Crippen molar-refractivity contribution in [3.8, 4) is 0 Å². The van der Waals surface area contributed by atoms with E-state index in [1.54, 1.807) is 0 Å². The van der Waals surface area contributed by atoms with Crippen molar-refractivity contribution in [1.82, 2.24) is 0 Å². The van der Waals surface area contributed by atoms with Gasteiger partial charge in [0.25, 0.3) is 0 Å². The Hall–Kier alpha value is -0.610. The van der Waals surface area contributed by atoms with E-state index in [4.69, 9.17) is 11.6 Å². The third kappa shape index (κ3) is 2.67. The maximum atomic E-state index is 12.5. The van der Waals surface area contributed by atoms with Crippen LogP contribution in [0.5, 0.6) is 0 Å². The predicted octanol–water partition coefficient (Wildman–Crippen LogP) is 2.11. The van der Waals surface area contributed by atoms with Crippen LogP contribution in [0.3, 0.4) is 0 Å². The van der Waals surface area contributed by atoms with E-state index in [1.807, 2.05) is 0 Å². The predicted molar refractivity (Wildman–Crippen MR) is 49.8 cm³/mol. The molecule has 1 rings (SSSR count). The largest absolute Gasteiger partial charge is 0.227 e. The molecule has 1 aromatic rings. The van der Waals surface area contributed by atoms with Gasteiger partial charge in [-0.1, -0.05) is 12.1 Å². The molecular weight excluding hydrogens is 215 g/mol. The van der Waals surface area contributed by atoms with Gasteiger partial charge in [0.15, 0.2) is 14.5 Å². The van der Waals surface area contributed by atoms with E-state index in [-0.39, 0.29) is 0 Å². The molecule has 0 radical (unpaired) electrons. The normalized spacial score (nSPS) is 14.1. The standard InChI is InChI=1S/C8H8ClFO2S/c1-13(11,12)8(9)6-2-4-7(10)5-3-6/h2-5,8H,1H3. The molecule has 0 heterocycles. The van der Waals surface area contributed by atoms with Crippen LogP contribution in [-0.2, 0) is 9.84 Å². The quantitative estimate of drug-likeness (QED) is 0.719. The van der Waals surface area contributed by atoms with Crippen LogP contribution >= 0.6 is 11.6 Å². The van der Waals surface area contributed by atoms with Crippen molar-refractivity contribution in [3.63, 3.8) is 0 Å². The Morgan fingerprint density at radius 2 is 1.77 bits per heavy atom. The monoisotopic (exact) mass is 222 g/mol. The molecule has 1 unspecified atom stereocenters. The van der Waals surface area contributed by atoms with Crippen LogP contribution in [0.1, 0.15) is 10.3 Å². The smallest absolute Gasteiger partial charge is 0.168 e. The molecule has 2 nitrogen and oxygen atoms in total. The topological polar surface area (TPSA) is 34.1 Å². The third-order valence-corrected chi connectivity index (χ3v) is 3.75. The summed E-state index contributed by atoms with van der Waals surface area (Å²) in [5.41, 5.74) is 0.380. The summed E-state index contributed by atoms with van der Waals surface area (Å²) in [5, 5.41) is 0. The molecule has 13 heavy (non-hydrogen) atoms. The summed E-state index contributed by atoms with van der Waals surface area (Å²) < 4.78 is 33.3. The van der Waals surface area contributed by atoms with E-state index in [0.29, 0.717) is 5.56 Å². The van der Waals surface area contributed by atoms with E-state index in [0.717, 1.165) is 6.26 Å². The van der Waals surface area contributed by atoms with Gasteiger partial charge in [-0.2, -0.15) is 0 Å². The maximum absolute atomic E-state index is 12.5. The number of hydrogen-bond donors (Lipinski definition) is 0. The van der Waals surface area contributed by atoms with Crippen molar-refractivity contribution in [2.75, 3.05) is 6.26 Å². The lowest BCUT2D eigenvalue weighted by Crippen LogP contribution is -2.04. The van der Waals surface area contributed by atoms with Gasteiger partial charge in [0, 0.05) is 6.26 Å². The Morgan fingerprint density at radius 1 is 1.31 bits per heavy atom. The van der Waals surface area contributed by atoms with Gasteiger partial charge in [-0.15, -0.1) is 11.6 Å². The summed E-state index contributed by atoms with van der Waals surface area (Å²) >= 11 is 5.62. The molecule has 1 aromatic carbocycles. The molecule has 0 aromatic heterocycles. The zero-order chi connectivity index (χ0) is 10.1. The van der Waals surface area contributed by atoms with Gasteiger partial charge >= 0.3 is 0 Å². The van der Waals surface area contributed by atoms with Crippen molar-refractivity contribution >= 4 is 21.4 Å². The molecule has 0 amide bonds. The van der Waals surface area contributed by atoms with Crippen molar-refractivity contribution in [3.05, 3.63) is 35.6 Å². The number of rotatable bonds is 2. The lowest BCUT2D eigenvalue weighted by Gasteiger charge is -2.06. The van der Waals surface area contributed by atoms with Gasteiger partial charge in [0.1, 0.15) is 5.82 Å². The average molecular weight is 223 g/mol. The number of benzene rings is 1. The lowest BCUT2D eigenvalue weighted by molar-refractivity contribution is 0.599. The molecule has 0 bridgehead atoms. The Bertz CT molecular complexity index is 385. The first kappa shape index (κ1) is 10.5. The summed E-state index contributed by atoms with van der Waals surface area (Å²) in [6.07, 6.45) is 1.04. The van der Waals surface area contributed by atoms with Gasteiger partial charge in [-0.05, 0) is 17.7 Å². The van der Waals surface area contributed by atoms with E-state index in [2.05, 4.69) is 0 Å². The Labute approximate surface area is 81.3 Å². The van der Waals surface area contributed by atoms with Crippen LogP contribution in [0.15, 0.2) is 24.3 Å². The maximum Gasteiger partial charge on any atom is 0.168 e. The molecule has 0 aliphatic heterocycles. The van der Waals surface area contributed by atoms with Gasteiger partial charge in [-0.25, -0.2) is 12.8 Å². The average Bonchev–Trinajstić information content (AvgIpc) is 2.03. The third-order valence-electron chi connectivity index (χ3n) is 1.51. The first-order valence-corrected chi connectivity index (χ1v) is 5.89. The lowest BCUT2D eigenvalue weighted by atomic mass is 10.2. The molecule has 0 aliphatic carbocycles. The summed E-state index contributed by atoms with van der Waals surface area (Å²) in [6.45, 7) is 0. The molecule has 1 atom stereocenters. The molecular formula is C8H8ClFO2S. The van der Waals surface area contributed by atoms with Crippen LogP contribution in [0.4, 0.5) is 4.39 Å². The highest BCUT2D eigenvalue weighted by Crippen LogP contribution is 2.25. The zero-order valence-electron chi connectivity index (χ0n) is 6.87. The fourth-order valence-corrected chi connectivity index (χ4v) is 1.66. The minimum atomic E-state index is -3.33. The van der Waals surface area contributed by atoms with Crippen molar-refractivity contribution < 1.29 is 12.8 Å². The molecule has 0 saturated heterocycles. The van der Waals surface area contributed by atoms with Crippen LogP contribution < -0.4 is 0 Å². The second-order valence-electron chi connectivity index (χ2n) is 2.70. The number of halogens is 2. The second-order valence-corrected chi connectivity index (χ2v) is 5.52. The number of sulfone groups is 1. The molecule has 0 fully saturated rings. The van der Waals surface area contributed by atoms with Gasteiger partial charge in [0.2, 0.25) is 0 Å². The fraction of sp³-hybridized carbons (Fsp3) is 0.250. The Morgan fingerprint density at radius 3 is 2.15 bits per heavy atom. The Balaban J connectivity index is 3.04. The van der Waals surface area contributed by atoms with Crippen LogP contribution in [-0.4, -0.2) is 14.7 Å². The molecule has 0 aliphatic rings. The molecule has 0 N–H and O–H groups in total. The van der Waals surface area contributed by atoms with E-state index < -0.39 is 20.4 Å². The highest BCUT2D eigenvalue weighted by molar-refractivity contribution is 7.92. The number of alkyl halides is 1. The molecule has 0 spiro atoms. The first-order chi connectivity index (χ1) is 5.91. The highest BCUT2D eigenvalue weighted by Gasteiger charge is 2.19. The molecule has 0 saturated carbocycles. The van der Waals surface area contributed by atoms with Gasteiger partial charge in [-0.3, -0.25) is 0 Å². The SMILES string of the molecule is CS(=O)(=O)C(Cl)c1ccc(F)cc1. The summed E-state index contributed by atoms with van der Waals surface area (Å²) in [7, 11) is -3.33. The summed E-state index contributed by atoms with van der Waals surface area (Å²) in [6, 6.07) is 5.06. The van der Waals surface area contributed by atoms with Crippen LogP contribution in [0.2, 0.25) is 0 Å². The van der Waals surface area contributed by atoms with Crippen LogP contribution in [0, 0.1) is 5.82 Å². The van der Waals surface area contributed by atoms with E-state index in [9.17, 15) is 12.8 Å². The van der Waals surface area contributed by atoms with E-state index >= 15 is 0 Å². The fourth-order valence-electron chi connectivity index (χ4n) is 0.861.